The Bertz CT molecular complexity index is 391. The maximum atomic E-state index is 12.8. The molecule has 1 N–H and O–H groups in total. The van der Waals surface area contributed by atoms with E-state index in [9.17, 15) is 9.18 Å². The Morgan fingerprint density at radius 1 is 1.24 bits per heavy atom. The number of nitrogens with one attached hydrogen (secondary N) is 1. The standard InChI is InChI=1S/C13H17FN2O/c1-15-7-2-8-16(10-9-15)13(17)11-3-5-12(14)6-4-11/h3-6H,2,7-10H2,1H3/p+1. The minimum absolute atomic E-state index is 0.0136. The minimum atomic E-state index is -0.304. The second-order valence-electron chi connectivity index (χ2n) is 4.61. The van der Waals surface area contributed by atoms with Crippen molar-refractivity contribution in [3.63, 3.8) is 0 Å². The topological polar surface area (TPSA) is 24.8 Å². The van der Waals surface area contributed by atoms with Gasteiger partial charge in [0, 0.05) is 18.5 Å². The first-order chi connectivity index (χ1) is 8.16. The van der Waals surface area contributed by atoms with Crippen LogP contribution in [0.5, 0.6) is 0 Å². The monoisotopic (exact) mass is 237 g/mol. The van der Waals surface area contributed by atoms with Gasteiger partial charge in [-0.05, 0) is 24.3 Å². The molecule has 2 rings (SSSR count). The van der Waals surface area contributed by atoms with Crippen LogP contribution in [0.1, 0.15) is 16.8 Å². The highest BCUT2D eigenvalue weighted by Crippen LogP contribution is 2.07. The van der Waals surface area contributed by atoms with Crippen LogP contribution >= 0.6 is 0 Å². The summed E-state index contributed by atoms with van der Waals surface area (Å²) >= 11 is 0. The number of halogens is 1. The highest BCUT2D eigenvalue weighted by atomic mass is 19.1. The van der Waals surface area contributed by atoms with Gasteiger partial charge in [0.15, 0.2) is 0 Å². The van der Waals surface area contributed by atoms with E-state index in [4.69, 9.17) is 0 Å². The van der Waals surface area contributed by atoms with Crippen molar-refractivity contribution in [1.29, 1.82) is 0 Å². The zero-order valence-corrected chi connectivity index (χ0v) is 10.1. The van der Waals surface area contributed by atoms with Crippen LogP contribution in [0.2, 0.25) is 0 Å². The molecule has 1 aliphatic rings. The second kappa shape index (κ2) is 5.27. The van der Waals surface area contributed by atoms with Gasteiger partial charge in [-0.25, -0.2) is 4.39 Å². The molecule has 1 atom stereocenters. The maximum Gasteiger partial charge on any atom is 0.254 e. The van der Waals surface area contributed by atoms with Crippen molar-refractivity contribution in [2.45, 2.75) is 6.42 Å². The van der Waals surface area contributed by atoms with E-state index < -0.39 is 0 Å². The van der Waals surface area contributed by atoms with Crippen LogP contribution in [-0.4, -0.2) is 44.0 Å². The van der Waals surface area contributed by atoms with E-state index in [-0.39, 0.29) is 11.7 Å². The molecule has 0 bridgehead atoms. The molecule has 0 aromatic heterocycles. The van der Waals surface area contributed by atoms with Crippen LogP contribution in [0, 0.1) is 5.82 Å². The lowest BCUT2D eigenvalue weighted by Crippen LogP contribution is -3.09. The van der Waals surface area contributed by atoms with Crippen molar-refractivity contribution in [1.82, 2.24) is 4.90 Å². The number of carbonyl (C=O) groups excluding carboxylic acids is 1. The molecule has 1 amide bonds. The number of rotatable bonds is 1. The lowest BCUT2D eigenvalue weighted by atomic mass is 10.2. The normalized spacial score (nSPS) is 21.1. The summed E-state index contributed by atoms with van der Waals surface area (Å²) in [6, 6.07) is 5.78. The Kier molecular flexibility index (Phi) is 3.74. The molecule has 17 heavy (non-hydrogen) atoms. The van der Waals surface area contributed by atoms with E-state index in [0.717, 1.165) is 32.6 Å². The van der Waals surface area contributed by atoms with Crippen molar-refractivity contribution in [3.05, 3.63) is 35.6 Å². The molecule has 4 heteroatoms. The Labute approximate surface area is 101 Å². The van der Waals surface area contributed by atoms with Crippen molar-refractivity contribution >= 4 is 5.91 Å². The van der Waals surface area contributed by atoms with Crippen molar-refractivity contribution < 1.29 is 14.1 Å². The van der Waals surface area contributed by atoms with Crippen LogP contribution in [-0.2, 0) is 0 Å². The Hall–Kier alpha value is -1.42. The molecule has 1 aromatic rings. The number of nitrogens with zero attached hydrogens (tertiary/aromatic N) is 1. The molecular weight excluding hydrogens is 219 g/mol. The Morgan fingerprint density at radius 3 is 2.65 bits per heavy atom. The summed E-state index contributed by atoms with van der Waals surface area (Å²) in [6.45, 7) is 3.66. The van der Waals surface area contributed by atoms with Gasteiger partial charge in [-0.15, -0.1) is 0 Å². The molecule has 1 fully saturated rings. The minimum Gasteiger partial charge on any atom is -0.336 e. The Balaban J connectivity index is 2.06. The van der Waals surface area contributed by atoms with Gasteiger partial charge in [-0.1, -0.05) is 0 Å². The van der Waals surface area contributed by atoms with Crippen LogP contribution < -0.4 is 4.90 Å². The molecule has 0 aliphatic carbocycles. The lowest BCUT2D eigenvalue weighted by molar-refractivity contribution is -0.877. The third kappa shape index (κ3) is 3.03. The van der Waals surface area contributed by atoms with Gasteiger partial charge in [0.1, 0.15) is 5.82 Å². The van der Waals surface area contributed by atoms with Crippen LogP contribution in [0.4, 0.5) is 4.39 Å². The third-order valence-corrected chi connectivity index (χ3v) is 3.22. The largest absolute Gasteiger partial charge is 0.336 e. The SMILES string of the molecule is C[NH+]1CCCN(C(=O)c2ccc(F)cc2)CC1. The van der Waals surface area contributed by atoms with E-state index in [1.165, 1.54) is 17.0 Å². The fourth-order valence-corrected chi connectivity index (χ4v) is 2.11. The average Bonchev–Trinajstić information content (AvgIpc) is 2.54. The predicted octanol–water partition coefficient (Wildman–Crippen LogP) is 0.186. The van der Waals surface area contributed by atoms with E-state index in [0.29, 0.717) is 5.56 Å². The smallest absolute Gasteiger partial charge is 0.254 e. The van der Waals surface area contributed by atoms with Gasteiger partial charge in [-0.3, -0.25) is 4.79 Å². The molecular formula is C13H18FN2O+. The number of quaternary nitrogens is 1. The predicted molar refractivity (Wildman–Crippen MR) is 63.5 cm³/mol. The van der Waals surface area contributed by atoms with Crippen LogP contribution in [0.25, 0.3) is 0 Å². The zero-order valence-electron chi connectivity index (χ0n) is 10.1. The number of hydrogen-bond donors (Lipinski definition) is 1. The molecule has 1 aromatic carbocycles. The van der Waals surface area contributed by atoms with E-state index in [1.807, 2.05) is 4.90 Å². The van der Waals surface area contributed by atoms with Gasteiger partial charge in [0.05, 0.1) is 26.7 Å². The first-order valence-electron chi connectivity index (χ1n) is 6.03. The molecule has 1 unspecified atom stereocenters. The molecule has 1 heterocycles. The summed E-state index contributed by atoms with van der Waals surface area (Å²) in [5.74, 6) is -0.290. The van der Waals surface area contributed by atoms with Gasteiger partial charge in [-0.2, -0.15) is 0 Å². The number of carbonyl (C=O) groups is 1. The van der Waals surface area contributed by atoms with Gasteiger partial charge < -0.3 is 9.80 Å². The molecule has 3 nitrogen and oxygen atoms in total. The molecule has 1 saturated heterocycles. The van der Waals surface area contributed by atoms with Crippen LogP contribution in [0.15, 0.2) is 24.3 Å². The fourth-order valence-electron chi connectivity index (χ4n) is 2.11. The summed E-state index contributed by atoms with van der Waals surface area (Å²) in [6.07, 6.45) is 1.03. The van der Waals surface area contributed by atoms with Crippen molar-refractivity contribution in [3.8, 4) is 0 Å². The van der Waals surface area contributed by atoms with Gasteiger partial charge in [0.2, 0.25) is 0 Å². The molecule has 0 spiro atoms. The molecule has 1 aliphatic heterocycles. The van der Waals surface area contributed by atoms with E-state index in [2.05, 4.69) is 7.05 Å². The van der Waals surface area contributed by atoms with Crippen molar-refractivity contribution in [2.75, 3.05) is 33.2 Å². The summed E-state index contributed by atoms with van der Waals surface area (Å²) < 4.78 is 12.8. The third-order valence-electron chi connectivity index (χ3n) is 3.22. The molecule has 92 valence electrons. The summed E-state index contributed by atoms with van der Waals surface area (Å²) in [7, 11) is 2.14. The second-order valence-corrected chi connectivity index (χ2v) is 4.61. The maximum absolute atomic E-state index is 12.8. The molecule has 0 saturated carbocycles. The number of hydrogen-bond acceptors (Lipinski definition) is 1. The van der Waals surface area contributed by atoms with Crippen LogP contribution in [0.3, 0.4) is 0 Å². The first kappa shape index (κ1) is 12.0. The zero-order chi connectivity index (χ0) is 12.3. The van der Waals surface area contributed by atoms with Gasteiger partial charge in [0.25, 0.3) is 5.91 Å². The fraction of sp³-hybridized carbons (Fsp3) is 0.462. The van der Waals surface area contributed by atoms with Crippen molar-refractivity contribution in [2.24, 2.45) is 0 Å². The quantitative estimate of drug-likeness (QED) is 0.741. The number of likely N-dealkylation sites (N-methyl/N-ethyl adjacent to an activating group) is 1. The van der Waals surface area contributed by atoms with E-state index >= 15 is 0 Å². The number of amides is 1. The van der Waals surface area contributed by atoms with E-state index in [1.54, 1.807) is 12.1 Å². The molecule has 0 radical (unpaired) electrons. The summed E-state index contributed by atoms with van der Waals surface area (Å²) in [5.41, 5.74) is 0.575. The van der Waals surface area contributed by atoms with Gasteiger partial charge >= 0.3 is 0 Å². The summed E-state index contributed by atoms with van der Waals surface area (Å²) in [4.78, 5) is 15.5. The first-order valence-corrected chi connectivity index (χ1v) is 6.03. The summed E-state index contributed by atoms with van der Waals surface area (Å²) in [5, 5.41) is 0. The Morgan fingerprint density at radius 2 is 1.94 bits per heavy atom. The number of benzene rings is 1. The lowest BCUT2D eigenvalue weighted by Gasteiger charge is -2.19. The highest BCUT2D eigenvalue weighted by Gasteiger charge is 2.20. The average molecular weight is 237 g/mol. The highest BCUT2D eigenvalue weighted by molar-refractivity contribution is 5.94.